The first kappa shape index (κ1) is 44.0. The van der Waals surface area contributed by atoms with Crippen LogP contribution in [0.3, 0.4) is 0 Å². The van der Waals surface area contributed by atoms with Crippen LogP contribution in [-0.2, 0) is 35.2 Å². The van der Waals surface area contributed by atoms with Gasteiger partial charge in [0.1, 0.15) is 0 Å². The maximum absolute atomic E-state index is 9.10. The Hall–Kier alpha value is -4.38. The average Bonchev–Trinajstić information content (AvgIpc) is 3.20. The van der Waals surface area contributed by atoms with Gasteiger partial charge >= 0.3 is 0 Å². The summed E-state index contributed by atoms with van der Waals surface area (Å²) in [6, 6.07) is 54.7. The van der Waals surface area contributed by atoms with Crippen LogP contribution in [0, 0.1) is 0 Å². The van der Waals surface area contributed by atoms with Gasteiger partial charge in [-0.15, -0.1) is 0 Å². The van der Waals surface area contributed by atoms with Crippen LogP contribution in [0.4, 0.5) is 34.1 Å². The lowest BCUT2D eigenvalue weighted by Gasteiger charge is -2.26. The molecule has 0 aromatic heterocycles. The highest BCUT2D eigenvalue weighted by Crippen LogP contribution is 2.36. The molecule has 2 atom stereocenters. The number of nitrogens with zero attached hydrogens (tertiary/aromatic N) is 2. The molecule has 0 amide bonds. The Morgan fingerprint density at radius 3 is 0.833 bits per heavy atom. The molecule has 6 rings (SSSR count). The number of ether oxygens (including phenoxy) is 2. The second kappa shape index (κ2) is 24.1. The van der Waals surface area contributed by atoms with Gasteiger partial charge in [-0.3, -0.25) is 0 Å². The summed E-state index contributed by atoms with van der Waals surface area (Å²) in [6.07, 6.45) is 3.19. The first-order chi connectivity index (χ1) is 25.6. The summed E-state index contributed by atoms with van der Waals surface area (Å²) < 4.78 is 10.4. The molecule has 6 aromatic rings. The van der Waals surface area contributed by atoms with Gasteiger partial charge in [-0.2, -0.15) is 19.8 Å². The second-order valence-corrected chi connectivity index (χ2v) is 12.4. The molecule has 0 radical (unpaired) electrons. The van der Waals surface area contributed by atoms with Crippen molar-refractivity contribution >= 4 is 53.9 Å². The van der Waals surface area contributed by atoms with Crippen LogP contribution in [-0.4, -0.2) is 50.9 Å². The van der Waals surface area contributed by atoms with E-state index in [1.54, 1.807) is 14.2 Å². The standard InChI is InChI=1S/C24H27NO2.C22H23NO2.2H3P/c1-26-18-16-20-8-12-23(13-9-20)25(22-6-4-3-5-7-22)24-14-10-21(11-15-24)17-19-27-2;24-16-14-18-6-10-21(11-7-18)23(20-4-2-1-3-5-20)22-12-8-19(9-13-22)15-17-25;;/h3-15H,16-19H2,1-2H3;1-13,24-25H,14-17H2;2*1H3. The lowest BCUT2D eigenvalue weighted by molar-refractivity contribution is 0.202. The monoisotopic (exact) mass is 762 g/mol. The SMILES string of the molecule is COCCc1ccc(N(c2ccccc2)c2ccc(CCOC)cc2)cc1.OCCc1ccc(N(c2ccccc2)c2ccc(CCO)cc2)cc1.P.P. The quantitative estimate of drug-likeness (QED) is 0.0958. The summed E-state index contributed by atoms with van der Waals surface area (Å²) >= 11 is 0. The van der Waals surface area contributed by atoms with Crippen molar-refractivity contribution in [2.45, 2.75) is 25.7 Å². The van der Waals surface area contributed by atoms with Gasteiger partial charge in [0.25, 0.3) is 0 Å². The molecule has 0 fully saturated rings. The van der Waals surface area contributed by atoms with Crippen LogP contribution in [0.1, 0.15) is 22.3 Å². The van der Waals surface area contributed by atoms with E-state index >= 15 is 0 Å². The van der Waals surface area contributed by atoms with Crippen LogP contribution >= 0.6 is 19.8 Å². The number of methoxy groups -OCH3 is 2. The van der Waals surface area contributed by atoms with Crippen LogP contribution in [0.25, 0.3) is 0 Å². The molecule has 0 bridgehead atoms. The van der Waals surface area contributed by atoms with Gasteiger partial charge in [-0.25, -0.2) is 0 Å². The first-order valence-electron chi connectivity index (χ1n) is 17.9. The van der Waals surface area contributed by atoms with Crippen molar-refractivity contribution in [3.63, 3.8) is 0 Å². The molecule has 0 aliphatic rings. The van der Waals surface area contributed by atoms with Gasteiger partial charge < -0.3 is 29.5 Å². The van der Waals surface area contributed by atoms with Crippen LogP contribution in [0.2, 0.25) is 0 Å². The topological polar surface area (TPSA) is 65.4 Å². The highest BCUT2D eigenvalue weighted by atomic mass is 31.0. The molecular formula is C46H56N2O4P2. The third-order valence-corrected chi connectivity index (χ3v) is 8.80. The summed E-state index contributed by atoms with van der Waals surface area (Å²) in [4.78, 5) is 4.48. The van der Waals surface area contributed by atoms with Crippen molar-refractivity contribution in [2.24, 2.45) is 0 Å². The molecule has 6 nitrogen and oxygen atoms in total. The number of aliphatic hydroxyl groups is 2. The van der Waals surface area contributed by atoms with Gasteiger partial charge in [0.05, 0.1) is 13.2 Å². The minimum atomic E-state index is 0. The molecule has 0 saturated heterocycles. The van der Waals surface area contributed by atoms with Crippen LogP contribution < -0.4 is 9.80 Å². The molecule has 0 aliphatic heterocycles. The van der Waals surface area contributed by atoms with Crippen molar-refractivity contribution < 1.29 is 19.7 Å². The van der Waals surface area contributed by atoms with E-state index in [4.69, 9.17) is 19.7 Å². The fourth-order valence-corrected chi connectivity index (χ4v) is 5.99. The summed E-state index contributed by atoms with van der Waals surface area (Å²) in [5, 5.41) is 18.2. The Balaban J connectivity index is 0.000000281. The Kier molecular flexibility index (Phi) is 19.7. The predicted molar refractivity (Wildman–Crippen MR) is 237 cm³/mol. The molecule has 0 aliphatic carbocycles. The second-order valence-electron chi connectivity index (χ2n) is 12.4. The van der Waals surface area contributed by atoms with Crippen LogP contribution in [0.15, 0.2) is 158 Å². The number of anilines is 6. The number of para-hydroxylation sites is 2. The number of hydrogen-bond donors (Lipinski definition) is 2. The van der Waals surface area contributed by atoms with Gasteiger partial charge in [-0.1, -0.05) is 84.9 Å². The summed E-state index contributed by atoms with van der Waals surface area (Å²) in [5.41, 5.74) is 11.5. The fourth-order valence-electron chi connectivity index (χ4n) is 5.99. The Morgan fingerprint density at radius 2 is 0.593 bits per heavy atom. The van der Waals surface area contributed by atoms with Crippen LogP contribution in [0.5, 0.6) is 0 Å². The van der Waals surface area contributed by atoms with Crippen molar-refractivity contribution in [2.75, 3.05) is 50.4 Å². The van der Waals surface area contributed by atoms with Gasteiger partial charge in [-0.05, 0) is 121 Å². The molecule has 0 heterocycles. The van der Waals surface area contributed by atoms with Crippen molar-refractivity contribution in [3.05, 3.63) is 180 Å². The van der Waals surface area contributed by atoms with E-state index in [1.807, 2.05) is 24.3 Å². The van der Waals surface area contributed by atoms with E-state index in [0.717, 1.165) is 71.3 Å². The van der Waals surface area contributed by atoms with E-state index in [0.29, 0.717) is 12.8 Å². The molecule has 2 unspecified atom stereocenters. The molecule has 2 N–H and O–H groups in total. The predicted octanol–water partition coefficient (Wildman–Crippen LogP) is 9.88. The highest BCUT2D eigenvalue weighted by molar-refractivity contribution is 6.92. The van der Waals surface area contributed by atoms with Gasteiger partial charge in [0.2, 0.25) is 0 Å². The van der Waals surface area contributed by atoms with E-state index in [9.17, 15) is 0 Å². The molecule has 0 spiro atoms. The van der Waals surface area contributed by atoms with Crippen molar-refractivity contribution in [1.29, 1.82) is 0 Å². The molecule has 284 valence electrons. The lowest BCUT2D eigenvalue weighted by atomic mass is 10.1. The lowest BCUT2D eigenvalue weighted by Crippen LogP contribution is -2.10. The summed E-state index contributed by atoms with van der Waals surface area (Å²) in [6.45, 7) is 1.80. The number of aliphatic hydroxyl groups excluding tert-OH is 2. The van der Waals surface area contributed by atoms with E-state index in [-0.39, 0.29) is 33.0 Å². The Morgan fingerprint density at radius 1 is 0.352 bits per heavy atom. The molecular weight excluding hydrogens is 706 g/mol. The first-order valence-corrected chi connectivity index (χ1v) is 17.9. The third-order valence-electron chi connectivity index (χ3n) is 8.80. The minimum absolute atomic E-state index is 0. The average molecular weight is 763 g/mol. The zero-order valence-electron chi connectivity index (χ0n) is 31.7. The number of benzene rings is 6. The number of hydrogen-bond acceptors (Lipinski definition) is 6. The normalized spacial score (nSPS) is 10.3. The van der Waals surface area contributed by atoms with Crippen molar-refractivity contribution in [1.82, 2.24) is 0 Å². The Labute approximate surface area is 328 Å². The van der Waals surface area contributed by atoms with E-state index in [1.165, 1.54) is 11.1 Å². The van der Waals surface area contributed by atoms with E-state index in [2.05, 4.69) is 143 Å². The summed E-state index contributed by atoms with van der Waals surface area (Å²) in [5.74, 6) is 0. The highest BCUT2D eigenvalue weighted by Gasteiger charge is 2.13. The zero-order valence-corrected chi connectivity index (χ0v) is 34.5. The van der Waals surface area contributed by atoms with Gasteiger partial charge in [0.15, 0.2) is 0 Å². The molecule has 0 saturated carbocycles. The smallest absolute Gasteiger partial charge is 0.0502 e. The largest absolute Gasteiger partial charge is 0.396 e. The van der Waals surface area contributed by atoms with Crippen molar-refractivity contribution in [3.8, 4) is 0 Å². The fraction of sp³-hybridized carbons (Fsp3) is 0.217. The van der Waals surface area contributed by atoms with E-state index < -0.39 is 0 Å². The molecule has 6 aromatic carbocycles. The molecule has 54 heavy (non-hydrogen) atoms. The minimum Gasteiger partial charge on any atom is -0.396 e. The zero-order chi connectivity index (χ0) is 36.4. The maximum atomic E-state index is 9.10. The van der Waals surface area contributed by atoms with Gasteiger partial charge in [0, 0.05) is 61.6 Å². The maximum Gasteiger partial charge on any atom is 0.0502 e. The third kappa shape index (κ3) is 12.9. The number of rotatable bonds is 16. The Bertz CT molecular complexity index is 1760. The molecule has 8 heteroatoms. The summed E-state index contributed by atoms with van der Waals surface area (Å²) in [7, 11) is 3.48.